The first-order chi connectivity index (χ1) is 19.7. The van der Waals surface area contributed by atoms with Gasteiger partial charge in [0.05, 0.1) is 19.5 Å². The Bertz CT molecular complexity index is 1640. The summed E-state index contributed by atoms with van der Waals surface area (Å²) in [4.78, 5) is 16.7. The molecule has 9 nitrogen and oxygen atoms in total. The highest BCUT2D eigenvalue weighted by atomic mass is 16.5. The molecule has 7 rings (SSSR count). The molecule has 0 atom stereocenters. The number of rotatable bonds is 6. The molecule has 1 saturated heterocycles. The van der Waals surface area contributed by atoms with Crippen LogP contribution >= 0.6 is 0 Å². The number of aromatic nitrogens is 4. The average molecular weight is 537 g/mol. The van der Waals surface area contributed by atoms with Crippen LogP contribution in [-0.4, -0.2) is 50.9 Å². The van der Waals surface area contributed by atoms with Crippen molar-refractivity contribution < 1.29 is 14.6 Å². The third kappa shape index (κ3) is 4.88. The topological polar surface area (TPSA) is 97.6 Å². The van der Waals surface area contributed by atoms with E-state index in [4.69, 9.17) is 24.4 Å². The lowest BCUT2D eigenvalue weighted by Crippen LogP contribution is -2.36. The number of nitrogens with zero attached hydrogens (tertiary/aromatic N) is 5. The predicted molar refractivity (Wildman–Crippen MR) is 156 cm³/mol. The van der Waals surface area contributed by atoms with Gasteiger partial charge in [-0.15, -0.1) is 0 Å². The average Bonchev–Trinajstić information content (AvgIpc) is 3.43. The number of nitrogens with one attached hydrogen (secondary N) is 1. The van der Waals surface area contributed by atoms with E-state index >= 15 is 0 Å². The summed E-state index contributed by atoms with van der Waals surface area (Å²) in [7, 11) is 0. The standard InChI is InChI=1S/C31H32N6O3/c38-25-13-14-26-21(19-25)5-4-8-27(26)40-31-34-29(28-30(35-31)37(20-32-28)24-6-2-1-3-7-24)33-22-9-11-23(12-10-22)36-15-17-39-18-16-36/h4-5,8-14,19-20,24,38H,1-3,6-7,15-18H2,(H,33,34,35). The fraction of sp³-hybridized carbons (Fsp3) is 0.323. The Balaban J connectivity index is 1.25. The lowest BCUT2D eigenvalue weighted by Gasteiger charge is -2.28. The molecule has 3 heterocycles. The van der Waals surface area contributed by atoms with E-state index in [0.29, 0.717) is 17.6 Å². The molecule has 2 aromatic heterocycles. The molecule has 1 aliphatic carbocycles. The smallest absolute Gasteiger partial charge is 0.326 e. The van der Waals surface area contributed by atoms with Crippen LogP contribution < -0.4 is 15.0 Å². The van der Waals surface area contributed by atoms with Gasteiger partial charge < -0.3 is 29.4 Å². The first kappa shape index (κ1) is 24.7. The number of morpholine rings is 1. The Morgan fingerprint density at radius 3 is 2.58 bits per heavy atom. The minimum Gasteiger partial charge on any atom is -0.508 e. The van der Waals surface area contributed by atoms with Crippen LogP contribution in [0, 0.1) is 0 Å². The number of benzene rings is 3. The van der Waals surface area contributed by atoms with Gasteiger partial charge in [0.2, 0.25) is 0 Å². The molecule has 40 heavy (non-hydrogen) atoms. The van der Waals surface area contributed by atoms with Crippen molar-refractivity contribution in [1.82, 2.24) is 19.5 Å². The van der Waals surface area contributed by atoms with Gasteiger partial charge >= 0.3 is 6.01 Å². The quantitative estimate of drug-likeness (QED) is 0.252. The SMILES string of the molecule is Oc1ccc2c(Oc3nc(Nc4ccc(N5CCOCC5)cc4)c4ncn(C5CCCCC5)c4n3)cccc2c1. The van der Waals surface area contributed by atoms with Gasteiger partial charge in [-0.3, -0.25) is 0 Å². The molecule has 0 unspecified atom stereocenters. The minimum absolute atomic E-state index is 0.213. The summed E-state index contributed by atoms with van der Waals surface area (Å²) in [6, 6.07) is 19.9. The summed E-state index contributed by atoms with van der Waals surface area (Å²) in [5.74, 6) is 1.44. The van der Waals surface area contributed by atoms with Crippen molar-refractivity contribution in [3.63, 3.8) is 0 Å². The van der Waals surface area contributed by atoms with Crippen LogP contribution in [0.4, 0.5) is 17.2 Å². The van der Waals surface area contributed by atoms with Crippen molar-refractivity contribution in [2.45, 2.75) is 38.1 Å². The van der Waals surface area contributed by atoms with E-state index in [9.17, 15) is 5.11 Å². The number of ether oxygens (including phenoxy) is 2. The second-order valence-corrected chi connectivity index (χ2v) is 10.5. The fourth-order valence-corrected chi connectivity index (χ4v) is 5.80. The Labute approximate surface area is 232 Å². The molecular weight excluding hydrogens is 504 g/mol. The summed E-state index contributed by atoms with van der Waals surface area (Å²) in [5.41, 5.74) is 3.57. The number of hydrogen-bond acceptors (Lipinski definition) is 8. The van der Waals surface area contributed by atoms with Crippen LogP contribution in [0.1, 0.15) is 38.1 Å². The van der Waals surface area contributed by atoms with Crippen LogP contribution in [-0.2, 0) is 4.74 Å². The monoisotopic (exact) mass is 536 g/mol. The molecule has 1 saturated carbocycles. The van der Waals surface area contributed by atoms with Crippen molar-refractivity contribution >= 4 is 39.1 Å². The van der Waals surface area contributed by atoms with Gasteiger partial charge in [-0.05, 0) is 66.8 Å². The van der Waals surface area contributed by atoms with Crippen LogP contribution in [0.5, 0.6) is 17.5 Å². The first-order valence-corrected chi connectivity index (χ1v) is 14.1. The number of phenolic OH excluding ortho intramolecular Hbond substituents is 1. The molecule has 0 amide bonds. The second-order valence-electron chi connectivity index (χ2n) is 10.5. The predicted octanol–water partition coefficient (Wildman–Crippen LogP) is 6.56. The van der Waals surface area contributed by atoms with E-state index in [-0.39, 0.29) is 11.8 Å². The van der Waals surface area contributed by atoms with Gasteiger partial charge in [-0.25, -0.2) is 4.98 Å². The van der Waals surface area contributed by atoms with E-state index in [1.807, 2.05) is 30.6 Å². The third-order valence-corrected chi connectivity index (χ3v) is 7.90. The number of anilines is 3. The molecule has 0 spiro atoms. The summed E-state index contributed by atoms with van der Waals surface area (Å²) >= 11 is 0. The third-order valence-electron chi connectivity index (χ3n) is 7.90. The number of phenols is 1. The maximum Gasteiger partial charge on any atom is 0.326 e. The van der Waals surface area contributed by atoms with Gasteiger partial charge in [0.1, 0.15) is 11.5 Å². The molecule has 0 radical (unpaired) electrons. The van der Waals surface area contributed by atoms with E-state index in [1.165, 1.54) is 24.9 Å². The molecule has 9 heteroatoms. The largest absolute Gasteiger partial charge is 0.508 e. The summed E-state index contributed by atoms with van der Waals surface area (Å²) < 4.78 is 14.0. The van der Waals surface area contributed by atoms with Crippen molar-refractivity contribution in [1.29, 1.82) is 0 Å². The molecular formula is C31H32N6O3. The minimum atomic E-state index is 0.213. The van der Waals surface area contributed by atoms with Crippen molar-refractivity contribution in [2.24, 2.45) is 0 Å². The summed E-state index contributed by atoms with van der Waals surface area (Å²) in [6.45, 7) is 3.30. The maximum absolute atomic E-state index is 9.94. The number of imidazole rings is 1. The lowest BCUT2D eigenvalue weighted by molar-refractivity contribution is 0.122. The van der Waals surface area contributed by atoms with Crippen LogP contribution in [0.25, 0.3) is 21.9 Å². The lowest BCUT2D eigenvalue weighted by atomic mass is 9.95. The van der Waals surface area contributed by atoms with Crippen LogP contribution in [0.15, 0.2) is 67.0 Å². The zero-order valence-corrected chi connectivity index (χ0v) is 22.3. The summed E-state index contributed by atoms with van der Waals surface area (Å²) in [5, 5.41) is 15.2. The highest BCUT2D eigenvalue weighted by molar-refractivity contribution is 5.90. The first-order valence-electron chi connectivity index (χ1n) is 14.1. The Morgan fingerprint density at radius 1 is 0.925 bits per heavy atom. The van der Waals surface area contributed by atoms with Gasteiger partial charge in [-0.2, -0.15) is 9.97 Å². The van der Waals surface area contributed by atoms with E-state index in [0.717, 1.165) is 66.8 Å². The summed E-state index contributed by atoms with van der Waals surface area (Å²) in [6.07, 6.45) is 7.82. The zero-order valence-electron chi connectivity index (χ0n) is 22.3. The molecule has 1 aliphatic heterocycles. The highest BCUT2D eigenvalue weighted by Gasteiger charge is 2.22. The van der Waals surface area contributed by atoms with Gasteiger partial charge in [0.25, 0.3) is 0 Å². The second kappa shape index (κ2) is 10.7. The van der Waals surface area contributed by atoms with Gasteiger partial charge in [0, 0.05) is 35.9 Å². The number of hydrogen-bond donors (Lipinski definition) is 2. The molecule has 2 fully saturated rings. The normalized spacial score (nSPS) is 16.4. The van der Waals surface area contributed by atoms with Crippen LogP contribution in [0.3, 0.4) is 0 Å². The number of aromatic hydroxyl groups is 1. The van der Waals surface area contributed by atoms with E-state index in [1.54, 1.807) is 12.1 Å². The van der Waals surface area contributed by atoms with Gasteiger partial charge in [0.15, 0.2) is 17.0 Å². The molecule has 3 aromatic carbocycles. The van der Waals surface area contributed by atoms with E-state index < -0.39 is 0 Å². The Hall–Kier alpha value is -4.37. The molecule has 0 bridgehead atoms. The molecule has 5 aromatic rings. The molecule has 204 valence electrons. The number of fused-ring (bicyclic) bond motifs is 2. The van der Waals surface area contributed by atoms with Crippen molar-refractivity contribution in [3.05, 3.63) is 67.0 Å². The Morgan fingerprint density at radius 2 is 1.75 bits per heavy atom. The Kier molecular flexibility index (Phi) is 6.57. The van der Waals surface area contributed by atoms with Crippen LogP contribution in [0.2, 0.25) is 0 Å². The van der Waals surface area contributed by atoms with Crippen molar-refractivity contribution in [3.8, 4) is 17.5 Å². The maximum atomic E-state index is 9.94. The fourth-order valence-electron chi connectivity index (χ4n) is 5.80. The van der Waals surface area contributed by atoms with Gasteiger partial charge in [-0.1, -0.05) is 31.4 Å². The highest BCUT2D eigenvalue weighted by Crippen LogP contribution is 2.35. The zero-order chi connectivity index (χ0) is 26.9. The molecule has 2 N–H and O–H groups in total. The van der Waals surface area contributed by atoms with Crippen molar-refractivity contribution in [2.75, 3.05) is 36.5 Å². The molecule has 2 aliphatic rings. The van der Waals surface area contributed by atoms with E-state index in [2.05, 4.69) is 39.0 Å².